The van der Waals surface area contributed by atoms with Gasteiger partial charge in [-0.1, -0.05) is 6.42 Å². The molecule has 1 aliphatic heterocycles. The monoisotopic (exact) mass is 265 g/mol. The Bertz CT molecular complexity index is 557. The molecule has 2 aromatic rings. The minimum absolute atomic E-state index is 0.0703. The summed E-state index contributed by atoms with van der Waals surface area (Å²) in [5.74, 6) is -0.765. The summed E-state index contributed by atoms with van der Waals surface area (Å²) in [5, 5.41) is 15.3. The van der Waals surface area contributed by atoms with Crippen LogP contribution in [0.3, 0.4) is 0 Å². The molecule has 100 valence electrons. The number of hydrogen-bond acceptors (Lipinski definition) is 4. The standard InChI is InChI=1S/C12H13F2N5/c13-8-5-9(14)7-10(6-8)19-17-12(16-18-19)11-3-1-2-4-15-11/h5-7,11,15H,1-4H2. The van der Waals surface area contributed by atoms with Gasteiger partial charge in [0.15, 0.2) is 5.82 Å². The van der Waals surface area contributed by atoms with Crippen molar-refractivity contribution in [1.29, 1.82) is 0 Å². The summed E-state index contributed by atoms with van der Waals surface area (Å²) in [7, 11) is 0. The van der Waals surface area contributed by atoms with E-state index in [1.807, 2.05) is 0 Å². The third-order valence-electron chi connectivity index (χ3n) is 3.13. The van der Waals surface area contributed by atoms with Gasteiger partial charge < -0.3 is 5.32 Å². The largest absolute Gasteiger partial charge is 0.307 e. The van der Waals surface area contributed by atoms with Gasteiger partial charge in [0.05, 0.1) is 11.7 Å². The molecule has 1 aromatic carbocycles. The second-order valence-electron chi connectivity index (χ2n) is 4.57. The Balaban J connectivity index is 1.87. The lowest BCUT2D eigenvalue weighted by atomic mass is 10.1. The Morgan fingerprint density at radius 3 is 2.63 bits per heavy atom. The number of benzene rings is 1. The predicted octanol–water partition coefficient (Wildman–Crippen LogP) is 1.76. The van der Waals surface area contributed by atoms with Crippen LogP contribution in [0.1, 0.15) is 31.1 Å². The quantitative estimate of drug-likeness (QED) is 0.899. The summed E-state index contributed by atoms with van der Waals surface area (Å²) in [5.41, 5.74) is 0.229. The van der Waals surface area contributed by atoms with Crippen LogP contribution in [0, 0.1) is 11.6 Å². The first-order valence-corrected chi connectivity index (χ1v) is 6.22. The summed E-state index contributed by atoms with van der Waals surface area (Å²) in [6.45, 7) is 0.924. The molecule has 3 rings (SSSR count). The number of piperidine rings is 1. The third-order valence-corrected chi connectivity index (χ3v) is 3.13. The molecule has 1 aromatic heterocycles. The molecule has 1 N–H and O–H groups in total. The molecule has 7 heteroatoms. The van der Waals surface area contributed by atoms with E-state index >= 15 is 0 Å². The van der Waals surface area contributed by atoms with Crippen molar-refractivity contribution in [2.24, 2.45) is 0 Å². The van der Waals surface area contributed by atoms with E-state index < -0.39 is 11.6 Å². The highest BCUT2D eigenvalue weighted by atomic mass is 19.1. The molecule has 1 unspecified atom stereocenters. The summed E-state index contributed by atoms with van der Waals surface area (Å²) in [6.07, 6.45) is 3.20. The summed E-state index contributed by atoms with van der Waals surface area (Å²) >= 11 is 0. The molecule has 0 amide bonds. The zero-order valence-corrected chi connectivity index (χ0v) is 10.2. The van der Waals surface area contributed by atoms with Crippen LogP contribution in [0.15, 0.2) is 18.2 Å². The van der Waals surface area contributed by atoms with Crippen LogP contribution in [0.5, 0.6) is 0 Å². The molecular formula is C12H13F2N5. The van der Waals surface area contributed by atoms with Gasteiger partial charge >= 0.3 is 0 Å². The second-order valence-corrected chi connectivity index (χ2v) is 4.57. The van der Waals surface area contributed by atoms with E-state index in [0.29, 0.717) is 5.82 Å². The van der Waals surface area contributed by atoms with Crippen molar-refractivity contribution in [3.8, 4) is 5.69 Å². The molecule has 0 radical (unpaired) electrons. The summed E-state index contributed by atoms with van der Waals surface area (Å²) in [6, 6.07) is 3.22. The van der Waals surface area contributed by atoms with Gasteiger partial charge in [-0.25, -0.2) is 8.78 Å². The highest BCUT2D eigenvalue weighted by molar-refractivity contribution is 5.30. The Kier molecular flexibility index (Phi) is 3.20. The van der Waals surface area contributed by atoms with Crippen molar-refractivity contribution in [2.45, 2.75) is 25.3 Å². The number of tetrazole rings is 1. The van der Waals surface area contributed by atoms with Crippen molar-refractivity contribution in [3.05, 3.63) is 35.7 Å². The first-order valence-electron chi connectivity index (χ1n) is 6.22. The number of hydrogen-bond donors (Lipinski definition) is 1. The van der Waals surface area contributed by atoms with E-state index in [0.717, 1.165) is 36.7 Å². The molecule has 19 heavy (non-hydrogen) atoms. The van der Waals surface area contributed by atoms with Crippen LogP contribution in [0.2, 0.25) is 0 Å². The van der Waals surface area contributed by atoms with E-state index in [4.69, 9.17) is 0 Å². The van der Waals surface area contributed by atoms with Crippen molar-refractivity contribution in [2.75, 3.05) is 6.54 Å². The fraction of sp³-hybridized carbons (Fsp3) is 0.417. The molecule has 0 aliphatic carbocycles. The van der Waals surface area contributed by atoms with Crippen LogP contribution < -0.4 is 5.32 Å². The summed E-state index contributed by atoms with van der Waals surface area (Å²) in [4.78, 5) is 1.15. The SMILES string of the molecule is Fc1cc(F)cc(-n2nnc(C3CCCCN3)n2)c1. The van der Waals surface area contributed by atoms with Gasteiger partial charge in [0.1, 0.15) is 11.6 Å². The lowest BCUT2D eigenvalue weighted by molar-refractivity contribution is 0.397. The van der Waals surface area contributed by atoms with E-state index in [1.165, 1.54) is 12.1 Å². The van der Waals surface area contributed by atoms with Crippen LogP contribution >= 0.6 is 0 Å². The van der Waals surface area contributed by atoms with Gasteiger partial charge in [-0.05, 0) is 24.6 Å². The average Bonchev–Trinajstić information content (AvgIpc) is 2.88. The lowest BCUT2D eigenvalue weighted by Gasteiger charge is -2.19. The van der Waals surface area contributed by atoms with Crippen LogP contribution in [0.4, 0.5) is 8.78 Å². The number of nitrogens with one attached hydrogen (secondary N) is 1. The van der Waals surface area contributed by atoms with Crippen molar-refractivity contribution in [3.63, 3.8) is 0 Å². The van der Waals surface area contributed by atoms with Crippen LogP contribution in [-0.2, 0) is 0 Å². The second kappa shape index (κ2) is 5.00. The predicted molar refractivity (Wildman–Crippen MR) is 63.7 cm³/mol. The highest BCUT2D eigenvalue weighted by Gasteiger charge is 2.19. The highest BCUT2D eigenvalue weighted by Crippen LogP contribution is 2.19. The van der Waals surface area contributed by atoms with Gasteiger partial charge in [-0.2, -0.15) is 0 Å². The fourth-order valence-electron chi connectivity index (χ4n) is 2.20. The van der Waals surface area contributed by atoms with Crippen molar-refractivity contribution in [1.82, 2.24) is 25.5 Å². The molecule has 1 saturated heterocycles. The van der Waals surface area contributed by atoms with Gasteiger partial charge in [0.25, 0.3) is 0 Å². The summed E-state index contributed by atoms with van der Waals surface area (Å²) < 4.78 is 26.3. The molecule has 2 heterocycles. The number of halogens is 2. The maximum atomic E-state index is 13.1. The van der Waals surface area contributed by atoms with Crippen LogP contribution in [-0.4, -0.2) is 26.8 Å². The van der Waals surface area contributed by atoms with E-state index in [2.05, 4.69) is 20.7 Å². The van der Waals surface area contributed by atoms with E-state index in [9.17, 15) is 8.78 Å². The van der Waals surface area contributed by atoms with Crippen molar-refractivity contribution >= 4 is 0 Å². The van der Waals surface area contributed by atoms with Gasteiger partial charge in [-0.3, -0.25) is 0 Å². The zero-order valence-electron chi connectivity index (χ0n) is 10.2. The van der Waals surface area contributed by atoms with Crippen molar-refractivity contribution < 1.29 is 8.78 Å². The average molecular weight is 265 g/mol. The lowest BCUT2D eigenvalue weighted by Crippen LogP contribution is -2.27. The Morgan fingerprint density at radius 2 is 1.95 bits per heavy atom. The number of nitrogens with zero attached hydrogens (tertiary/aromatic N) is 4. The molecular weight excluding hydrogens is 252 g/mol. The molecule has 1 fully saturated rings. The third kappa shape index (κ3) is 2.60. The smallest absolute Gasteiger partial charge is 0.192 e. The number of aromatic nitrogens is 4. The van der Waals surface area contributed by atoms with Crippen LogP contribution in [0.25, 0.3) is 5.69 Å². The minimum Gasteiger partial charge on any atom is -0.307 e. The maximum Gasteiger partial charge on any atom is 0.192 e. The number of rotatable bonds is 2. The normalized spacial score (nSPS) is 19.6. The van der Waals surface area contributed by atoms with E-state index in [-0.39, 0.29) is 11.7 Å². The first kappa shape index (κ1) is 12.2. The fourth-order valence-corrected chi connectivity index (χ4v) is 2.20. The molecule has 1 atom stereocenters. The Labute approximate surface area is 108 Å². The van der Waals surface area contributed by atoms with Gasteiger partial charge in [0.2, 0.25) is 0 Å². The first-order chi connectivity index (χ1) is 9.22. The molecule has 0 spiro atoms. The molecule has 0 saturated carbocycles. The molecule has 0 bridgehead atoms. The van der Waals surface area contributed by atoms with E-state index in [1.54, 1.807) is 0 Å². The molecule has 1 aliphatic rings. The maximum absolute atomic E-state index is 13.1. The topological polar surface area (TPSA) is 55.6 Å². The van der Waals surface area contributed by atoms with Gasteiger partial charge in [-0.15, -0.1) is 15.0 Å². The zero-order chi connectivity index (χ0) is 13.2. The minimum atomic E-state index is -0.662. The Morgan fingerprint density at radius 1 is 1.16 bits per heavy atom. The molecule has 5 nitrogen and oxygen atoms in total. The van der Waals surface area contributed by atoms with Gasteiger partial charge in [0, 0.05) is 18.2 Å². The Hall–Kier alpha value is -1.89.